The first-order valence-corrected chi connectivity index (χ1v) is 9.44. The average Bonchev–Trinajstić information content (AvgIpc) is 3.11. The molecule has 1 amide bonds. The van der Waals surface area contributed by atoms with E-state index < -0.39 is 30.5 Å². The highest BCUT2D eigenvalue weighted by atomic mass is 35.5. The van der Waals surface area contributed by atoms with Gasteiger partial charge in [0.15, 0.2) is 0 Å². The number of amides is 1. The zero-order chi connectivity index (χ0) is 21.5. The zero-order valence-electron chi connectivity index (χ0n) is 15.4. The summed E-state index contributed by atoms with van der Waals surface area (Å²) in [4.78, 5) is 13.7. The smallest absolute Gasteiger partial charge is 0.301 e. The van der Waals surface area contributed by atoms with E-state index in [-0.39, 0.29) is 24.1 Å². The van der Waals surface area contributed by atoms with Crippen LogP contribution in [0.3, 0.4) is 0 Å². The van der Waals surface area contributed by atoms with E-state index in [2.05, 4.69) is 10.3 Å². The molecule has 5 nitrogen and oxygen atoms in total. The quantitative estimate of drug-likeness (QED) is 0.551. The molecular weight excluding hydrogens is 424 g/mol. The number of carbonyl (C=O) groups excluding carboxylic acids is 1. The molecule has 0 radical (unpaired) electrons. The Balaban J connectivity index is 1.72. The van der Waals surface area contributed by atoms with Gasteiger partial charge in [0.05, 0.1) is 11.9 Å². The van der Waals surface area contributed by atoms with E-state index in [9.17, 15) is 22.4 Å². The molecule has 4 rings (SSSR count). The topological polar surface area (TPSA) is 51.0 Å². The van der Waals surface area contributed by atoms with Gasteiger partial charge in [0, 0.05) is 16.1 Å². The highest BCUT2D eigenvalue weighted by Gasteiger charge is 2.40. The molecule has 1 aliphatic heterocycles. The number of fused-ring (bicyclic) bond motifs is 1. The van der Waals surface area contributed by atoms with Crippen molar-refractivity contribution in [1.82, 2.24) is 15.0 Å². The molecule has 0 aliphatic carbocycles. The Morgan fingerprint density at radius 1 is 1.17 bits per heavy atom. The standard InChI is InChI=1S/C20H15ClF4N4O/c21-13-4-1-3-12(9-13)16-10-29(27-26-16)18-8-7-14-15(22)5-2-6-17(14)28(19(18)30)11-20(23,24)25/h1-6,9-10,18H,7-8,11H2. The van der Waals surface area contributed by atoms with E-state index in [0.29, 0.717) is 21.2 Å². The summed E-state index contributed by atoms with van der Waals surface area (Å²) in [6.07, 6.45) is -3.01. The van der Waals surface area contributed by atoms with Crippen molar-refractivity contribution in [2.45, 2.75) is 25.1 Å². The second-order valence-corrected chi connectivity index (χ2v) is 7.36. The third kappa shape index (κ3) is 4.02. The van der Waals surface area contributed by atoms with Gasteiger partial charge in [0.2, 0.25) is 0 Å². The number of halogens is 5. The monoisotopic (exact) mass is 438 g/mol. The molecule has 30 heavy (non-hydrogen) atoms. The molecule has 0 saturated heterocycles. The number of benzene rings is 2. The Hall–Kier alpha value is -2.94. The summed E-state index contributed by atoms with van der Waals surface area (Å²) in [5.41, 5.74) is 1.07. The molecule has 0 saturated carbocycles. The highest BCUT2D eigenvalue weighted by molar-refractivity contribution is 6.30. The van der Waals surface area contributed by atoms with Crippen LogP contribution in [0.25, 0.3) is 11.3 Å². The first-order valence-electron chi connectivity index (χ1n) is 9.06. The van der Waals surface area contributed by atoms with E-state index in [1.807, 2.05) is 0 Å². The average molecular weight is 439 g/mol. The van der Waals surface area contributed by atoms with Crippen LogP contribution in [-0.2, 0) is 11.2 Å². The maximum Gasteiger partial charge on any atom is 0.406 e. The lowest BCUT2D eigenvalue weighted by Crippen LogP contribution is -2.42. The largest absolute Gasteiger partial charge is 0.406 e. The van der Waals surface area contributed by atoms with Crippen LogP contribution in [0, 0.1) is 5.82 Å². The molecule has 1 aliphatic rings. The maximum atomic E-state index is 14.3. The summed E-state index contributed by atoms with van der Waals surface area (Å²) in [5, 5.41) is 8.46. The molecule has 1 atom stereocenters. The SMILES string of the molecule is O=C1C(n2cc(-c3cccc(Cl)c3)nn2)CCc2c(F)cccc2N1CC(F)(F)F. The van der Waals surface area contributed by atoms with Gasteiger partial charge in [-0.1, -0.05) is 35.0 Å². The lowest BCUT2D eigenvalue weighted by atomic mass is 10.1. The van der Waals surface area contributed by atoms with E-state index in [4.69, 9.17) is 11.6 Å². The first kappa shape index (κ1) is 20.3. The highest BCUT2D eigenvalue weighted by Crippen LogP contribution is 2.35. The Morgan fingerprint density at radius 3 is 2.67 bits per heavy atom. The molecule has 2 aromatic carbocycles. The van der Waals surface area contributed by atoms with Crippen molar-refractivity contribution in [2.75, 3.05) is 11.4 Å². The van der Waals surface area contributed by atoms with Gasteiger partial charge in [-0.25, -0.2) is 9.07 Å². The van der Waals surface area contributed by atoms with Crippen LogP contribution in [0.4, 0.5) is 23.2 Å². The van der Waals surface area contributed by atoms with Gasteiger partial charge >= 0.3 is 6.18 Å². The van der Waals surface area contributed by atoms with Crippen molar-refractivity contribution in [3.05, 3.63) is 65.1 Å². The number of nitrogens with zero attached hydrogens (tertiary/aromatic N) is 4. The normalized spacial score (nSPS) is 17.0. The van der Waals surface area contributed by atoms with Crippen LogP contribution in [0.1, 0.15) is 18.0 Å². The van der Waals surface area contributed by atoms with E-state index in [1.165, 1.54) is 29.1 Å². The van der Waals surface area contributed by atoms with Gasteiger partial charge in [0.25, 0.3) is 5.91 Å². The number of alkyl halides is 3. The fourth-order valence-electron chi connectivity index (χ4n) is 3.55. The molecule has 3 aromatic rings. The van der Waals surface area contributed by atoms with Crippen LogP contribution >= 0.6 is 11.6 Å². The van der Waals surface area contributed by atoms with Crippen LogP contribution in [0.15, 0.2) is 48.7 Å². The Bertz CT molecular complexity index is 1100. The third-order valence-electron chi connectivity index (χ3n) is 4.89. The Labute approximate surface area is 173 Å². The Kier molecular flexibility index (Phi) is 5.23. The summed E-state index contributed by atoms with van der Waals surface area (Å²) < 4.78 is 55.1. The first-order chi connectivity index (χ1) is 14.2. The van der Waals surface area contributed by atoms with Crippen LogP contribution in [0.2, 0.25) is 5.02 Å². The third-order valence-corrected chi connectivity index (χ3v) is 5.13. The number of anilines is 1. The van der Waals surface area contributed by atoms with Crippen LogP contribution in [0.5, 0.6) is 0 Å². The van der Waals surface area contributed by atoms with Crippen molar-refractivity contribution in [2.24, 2.45) is 0 Å². The molecule has 1 aromatic heterocycles. The van der Waals surface area contributed by atoms with Crippen molar-refractivity contribution in [3.63, 3.8) is 0 Å². The molecule has 2 heterocycles. The molecule has 0 bridgehead atoms. The summed E-state index contributed by atoms with van der Waals surface area (Å²) >= 11 is 5.98. The molecular formula is C20H15ClF4N4O. The minimum atomic E-state index is -4.65. The van der Waals surface area contributed by atoms with Crippen molar-refractivity contribution < 1.29 is 22.4 Å². The predicted octanol–water partition coefficient (Wildman–Crippen LogP) is 4.82. The number of carbonyl (C=O) groups is 1. The van der Waals surface area contributed by atoms with Crippen molar-refractivity contribution in [1.29, 1.82) is 0 Å². The Morgan fingerprint density at radius 2 is 1.93 bits per heavy atom. The summed E-state index contributed by atoms with van der Waals surface area (Å²) in [7, 11) is 0. The summed E-state index contributed by atoms with van der Waals surface area (Å²) in [5.74, 6) is -1.47. The second kappa shape index (κ2) is 7.71. The molecule has 0 spiro atoms. The lowest BCUT2D eigenvalue weighted by Gasteiger charge is -2.26. The number of rotatable bonds is 3. The zero-order valence-corrected chi connectivity index (χ0v) is 16.2. The number of aromatic nitrogens is 3. The fraction of sp³-hybridized carbons (Fsp3) is 0.250. The minimum Gasteiger partial charge on any atom is -0.301 e. The van der Waals surface area contributed by atoms with Gasteiger partial charge in [-0.15, -0.1) is 5.10 Å². The van der Waals surface area contributed by atoms with E-state index >= 15 is 0 Å². The summed E-state index contributed by atoms with van der Waals surface area (Å²) in [6.45, 7) is -1.52. The molecule has 156 valence electrons. The fourth-order valence-corrected chi connectivity index (χ4v) is 3.74. The lowest BCUT2D eigenvalue weighted by molar-refractivity contribution is -0.134. The van der Waals surface area contributed by atoms with Gasteiger partial charge in [-0.05, 0) is 37.1 Å². The van der Waals surface area contributed by atoms with Gasteiger partial charge in [0.1, 0.15) is 24.1 Å². The van der Waals surface area contributed by atoms with E-state index in [1.54, 1.807) is 24.3 Å². The molecule has 10 heteroatoms. The van der Waals surface area contributed by atoms with Crippen LogP contribution in [-0.4, -0.2) is 33.6 Å². The molecule has 0 fully saturated rings. The number of hydrogen-bond donors (Lipinski definition) is 0. The molecule has 0 N–H and O–H groups in total. The number of hydrogen-bond acceptors (Lipinski definition) is 3. The van der Waals surface area contributed by atoms with E-state index in [0.717, 1.165) is 0 Å². The second-order valence-electron chi connectivity index (χ2n) is 6.93. The van der Waals surface area contributed by atoms with Crippen LogP contribution < -0.4 is 4.90 Å². The maximum absolute atomic E-state index is 14.3. The van der Waals surface area contributed by atoms with Gasteiger partial charge in [-0.2, -0.15) is 13.2 Å². The predicted molar refractivity (Wildman–Crippen MR) is 103 cm³/mol. The summed E-state index contributed by atoms with van der Waals surface area (Å²) in [6, 6.07) is 9.54. The van der Waals surface area contributed by atoms with Crippen molar-refractivity contribution in [3.8, 4) is 11.3 Å². The van der Waals surface area contributed by atoms with Crippen molar-refractivity contribution >= 4 is 23.2 Å². The minimum absolute atomic E-state index is 0.0741. The van der Waals surface area contributed by atoms with Gasteiger partial charge in [-0.3, -0.25) is 4.79 Å². The molecule has 1 unspecified atom stereocenters. The van der Waals surface area contributed by atoms with Gasteiger partial charge < -0.3 is 4.90 Å².